The normalized spacial score (nSPS) is 18.5. The number of anilines is 2. The van der Waals surface area contributed by atoms with E-state index in [1.807, 2.05) is 19.1 Å². The van der Waals surface area contributed by atoms with Gasteiger partial charge in [0, 0.05) is 36.2 Å². The molecule has 2 heterocycles. The topological polar surface area (TPSA) is 92.3 Å². The number of carbonyl (C=O) groups excluding carboxylic acids is 1. The molecule has 1 atom stereocenters. The molecule has 7 nitrogen and oxygen atoms in total. The van der Waals surface area contributed by atoms with Crippen LogP contribution in [0, 0.1) is 6.92 Å². The number of hydrogen-bond donors (Lipinski definition) is 1. The molecule has 0 radical (unpaired) electrons. The molecule has 0 spiro atoms. The van der Waals surface area contributed by atoms with E-state index in [9.17, 15) is 13.2 Å². The van der Waals surface area contributed by atoms with Gasteiger partial charge in [0.1, 0.15) is 0 Å². The van der Waals surface area contributed by atoms with Gasteiger partial charge in [-0.3, -0.25) is 4.79 Å². The maximum absolute atomic E-state index is 12.5. The summed E-state index contributed by atoms with van der Waals surface area (Å²) in [7, 11) is -1.44. The highest BCUT2D eigenvalue weighted by Gasteiger charge is 2.33. The van der Waals surface area contributed by atoms with Crippen LogP contribution in [-0.4, -0.2) is 53.8 Å². The van der Waals surface area contributed by atoms with Crippen molar-refractivity contribution in [1.82, 2.24) is 14.9 Å². The van der Waals surface area contributed by atoms with Gasteiger partial charge in [-0.2, -0.15) is 0 Å². The number of carbonyl (C=O) groups is 1. The molecule has 0 bridgehead atoms. The summed E-state index contributed by atoms with van der Waals surface area (Å²) in [5.74, 6) is 0.195. The Kier molecular flexibility index (Phi) is 5.15. The second-order valence-corrected chi connectivity index (χ2v) is 9.02. The lowest BCUT2D eigenvalue weighted by Gasteiger charge is -2.23. The molecule has 1 aromatic heterocycles. The van der Waals surface area contributed by atoms with E-state index in [0.29, 0.717) is 23.0 Å². The average Bonchev–Trinajstić information content (AvgIpc) is 2.97. The van der Waals surface area contributed by atoms with Crippen molar-refractivity contribution in [2.24, 2.45) is 0 Å². The van der Waals surface area contributed by atoms with E-state index in [-0.39, 0.29) is 23.5 Å². The SMILES string of the molecule is Cc1cc(Cl)ccc1Nc1ncc(C(=O)N(C)C2CCS(=O)(=O)C2)cn1. The third-order valence-corrected chi connectivity index (χ3v) is 6.40. The first-order valence-electron chi connectivity index (χ1n) is 8.08. The Morgan fingerprint density at radius 1 is 1.31 bits per heavy atom. The van der Waals surface area contributed by atoms with Crippen LogP contribution >= 0.6 is 11.6 Å². The standard InChI is InChI=1S/C17H19ClN4O3S/c1-11-7-13(18)3-4-15(11)21-17-19-8-12(9-20-17)16(23)22(2)14-5-6-26(24,25)10-14/h3-4,7-9,14H,5-6,10H2,1-2H3,(H,19,20,21). The summed E-state index contributed by atoms with van der Waals surface area (Å²) in [5.41, 5.74) is 2.08. The van der Waals surface area contributed by atoms with Gasteiger partial charge in [-0.15, -0.1) is 0 Å². The zero-order valence-electron chi connectivity index (χ0n) is 14.4. The van der Waals surface area contributed by atoms with E-state index >= 15 is 0 Å². The first-order chi connectivity index (χ1) is 12.2. The van der Waals surface area contributed by atoms with Crippen molar-refractivity contribution in [2.75, 3.05) is 23.9 Å². The lowest BCUT2D eigenvalue weighted by atomic mass is 10.2. The molecule has 1 unspecified atom stereocenters. The molecule has 1 aromatic carbocycles. The van der Waals surface area contributed by atoms with Crippen LogP contribution in [-0.2, 0) is 9.84 Å². The van der Waals surface area contributed by atoms with Crippen LogP contribution in [0.15, 0.2) is 30.6 Å². The van der Waals surface area contributed by atoms with Crippen molar-refractivity contribution in [3.63, 3.8) is 0 Å². The number of aromatic nitrogens is 2. The van der Waals surface area contributed by atoms with Crippen LogP contribution in [0.2, 0.25) is 5.02 Å². The van der Waals surface area contributed by atoms with Crippen molar-refractivity contribution in [2.45, 2.75) is 19.4 Å². The van der Waals surface area contributed by atoms with Gasteiger partial charge in [0.2, 0.25) is 5.95 Å². The highest BCUT2D eigenvalue weighted by Crippen LogP contribution is 2.22. The highest BCUT2D eigenvalue weighted by molar-refractivity contribution is 7.91. The minimum Gasteiger partial charge on any atom is -0.338 e. The lowest BCUT2D eigenvalue weighted by Crippen LogP contribution is -2.37. The molecule has 1 saturated heterocycles. The second-order valence-electron chi connectivity index (χ2n) is 6.35. The molecular weight excluding hydrogens is 376 g/mol. The van der Waals surface area contributed by atoms with Crippen molar-refractivity contribution < 1.29 is 13.2 Å². The Labute approximate surface area is 157 Å². The van der Waals surface area contributed by atoms with Gasteiger partial charge in [-0.1, -0.05) is 11.6 Å². The van der Waals surface area contributed by atoms with E-state index < -0.39 is 9.84 Å². The Morgan fingerprint density at radius 3 is 2.58 bits per heavy atom. The second kappa shape index (κ2) is 7.20. The molecule has 1 aliphatic heterocycles. The van der Waals surface area contributed by atoms with Gasteiger partial charge in [0.05, 0.1) is 17.1 Å². The van der Waals surface area contributed by atoms with Crippen molar-refractivity contribution >= 4 is 39.0 Å². The fourth-order valence-electron chi connectivity index (χ4n) is 2.84. The molecule has 138 valence electrons. The first-order valence-corrected chi connectivity index (χ1v) is 10.3. The summed E-state index contributed by atoms with van der Waals surface area (Å²) < 4.78 is 23.2. The number of rotatable bonds is 4. The number of hydrogen-bond acceptors (Lipinski definition) is 6. The van der Waals surface area contributed by atoms with E-state index in [1.54, 1.807) is 13.1 Å². The zero-order valence-corrected chi connectivity index (χ0v) is 16.0. The summed E-state index contributed by atoms with van der Waals surface area (Å²) in [6, 6.07) is 5.11. The molecule has 2 aromatic rings. The Morgan fingerprint density at radius 2 is 2.00 bits per heavy atom. The van der Waals surface area contributed by atoms with Crippen LogP contribution in [0.3, 0.4) is 0 Å². The quantitative estimate of drug-likeness (QED) is 0.856. The first kappa shape index (κ1) is 18.6. The summed E-state index contributed by atoms with van der Waals surface area (Å²) in [5, 5.41) is 3.72. The molecule has 1 amide bonds. The van der Waals surface area contributed by atoms with E-state index in [4.69, 9.17) is 11.6 Å². The zero-order chi connectivity index (χ0) is 18.9. The summed E-state index contributed by atoms with van der Waals surface area (Å²) in [6.07, 6.45) is 3.33. The van der Waals surface area contributed by atoms with Crippen molar-refractivity contribution in [1.29, 1.82) is 0 Å². The lowest BCUT2D eigenvalue weighted by molar-refractivity contribution is 0.0747. The van der Waals surface area contributed by atoms with Gasteiger partial charge >= 0.3 is 0 Å². The number of nitrogens with zero attached hydrogens (tertiary/aromatic N) is 3. The third-order valence-electron chi connectivity index (χ3n) is 4.41. The fraction of sp³-hybridized carbons (Fsp3) is 0.353. The maximum Gasteiger partial charge on any atom is 0.257 e. The molecular formula is C17H19ClN4O3S. The fourth-order valence-corrected chi connectivity index (χ4v) is 4.84. The van der Waals surface area contributed by atoms with E-state index in [1.165, 1.54) is 17.3 Å². The van der Waals surface area contributed by atoms with Gasteiger partial charge in [-0.25, -0.2) is 18.4 Å². The number of amides is 1. The van der Waals surface area contributed by atoms with E-state index in [2.05, 4.69) is 15.3 Å². The third kappa shape index (κ3) is 4.13. The molecule has 1 fully saturated rings. The number of nitrogens with one attached hydrogen (secondary N) is 1. The highest BCUT2D eigenvalue weighted by atomic mass is 35.5. The van der Waals surface area contributed by atoms with Crippen molar-refractivity contribution in [3.8, 4) is 0 Å². The molecule has 1 aliphatic rings. The van der Waals surface area contributed by atoms with Crippen LogP contribution in [0.25, 0.3) is 0 Å². The predicted molar refractivity (Wildman–Crippen MR) is 101 cm³/mol. The van der Waals surface area contributed by atoms with Crippen LogP contribution in [0.4, 0.5) is 11.6 Å². The molecule has 1 N–H and O–H groups in total. The molecule has 0 aliphatic carbocycles. The monoisotopic (exact) mass is 394 g/mol. The minimum absolute atomic E-state index is 0.00554. The summed E-state index contributed by atoms with van der Waals surface area (Å²) in [6.45, 7) is 1.91. The van der Waals surface area contributed by atoms with Crippen LogP contribution in [0.1, 0.15) is 22.3 Å². The summed E-state index contributed by atoms with van der Waals surface area (Å²) >= 11 is 5.94. The van der Waals surface area contributed by atoms with E-state index in [0.717, 1.165) is 11.3 Å². The predicted octanol–water partition coefficient (Wildman–Crippen LogP) is 2.44. The van der Waals surface area contributed by atoms with Gasteiger partial charge in [0.25, 0.3) is 5.91 Å². The van der Waals surface area contributed by atoms with Gasteiger partial charge in [-0.05, 0) is 37.1 Å². The maximum atomic E-state index is 12.5. The minimum atomic E-state index is -3.05. The average molecular weight is 395 g/mol. The van der Waals surface area contributed by atoms with Crippen LogP contribution < -0.4 is 5.32 Å². The number of aryl methyl sites for hydroxylation is 1. The van der Waals surface area contributed by atoms with Crippen molar-refractivity contribution in [3.05, 3.63) is 46.7 Å². The number of sulfone groups is 1. The smallest absolute Gasteiger partial charge is 0.257 e. The van der Waals surface area contributed by atoms with Gasteiger partial charge < -0.3 is 10.2 Å². The Bertz CT molecular complexity index is 932. The Hall–Kier alpha value is -2.19. The largest absolute Gasteiger partial charge is 0.338 e. The summed E-state index contributed by atoms with van der Waals surface area (Å²) in [4.78, 5) is 22.3. The van der Waals surface area contributed by atoms with Gasteiger partial charge in [0.15, 0.2) is 9.84 Å². The molecule has 26 heavy (non-hydrogen) atoms. The van der Waals surface area contributed by atoms with Crippen LogP contribution in [0.5, 0.6) is 0 Å². The molecule has 3 rings (SSSR count). The Balaban J connectivity index is 1.70. The molecule has 0 saturated carbocycles. The number of benzene rings is 1. The number of halogens is 1. The molecule has 9 heteroatoms.